The fraction of sp³-hybridized carbons (Fsp3) is 0.625. The second-order valence-electron chi connectivity index (χ2n) is 5.03. The van der Waals surface area contributed by atoms with Crippen LogP contribution in [-0.4, -0.2) is 13.8 Å². The molecule has 0 fully saturated rings. The van der Waals surface area contributed by atoms with E-state index < -0.39 is 7.18 Å². The molecular weight excluding hydrogens is 332 g/mol. The number of hydrogen-bond acceptors (Lipinski definition) is 2. The van der Waals surface area contributed by atoms with Gasteiger partial charge in [0.1, 0.15) is 5.75 Å². The number of halogens is 1. The first-order valence-corrected chi connectivity index (χ1v) is 12.0. The zero-order valence-electron chi connectivity index (χ0n) is 12.7. The fourth-order valence-corrected chi connectivity index (χ4v) is 6.13. The zero-order valence-corrected chi connectivity index (χ0v) is 15.3. The molecule has 1 aromatic carbocycles. The van der Waals surface area contributed by atoms with E-state index in [1.807, 2.05) is 37.3 Å². The molecule has 1 unspecified atom stereocenters. The first kappa shape index (κ1) is 17.7. The summed E-state index contributed by atoms with van der Waals surface area (Å²) in [5.41, 5.74) is 0. The molecule has 0 aliphatic heterocycles. The van der Waals surface area contributed by atoms with E-state index in [9.17, 15) is 0 Å². The second-order valence-corrected chi connectivity index (χ2v) is 11.0. The number of rotatable bonds is 11. The van der Waals surface area contributed by atoms with Crippen LogP contribution < -0.4 is 4.43 Å². The molecule has 1 rings (SSSR count). The van der Waals surface area contributed by atoms with Crippen LogP contribution in [0, 0.1) is 0 Å². The summed E-state index contributed by atoms with van der Waals surface area (Å²) in [5, 5.41) is 0. The molecule has 0 heterocycles. The van der Waals surface area contributed by atoms with Gasteiger partial charge in [0.25, 0.3) is 0 Å². The van der Waals surface area contributed by atoms with Crippen molar-refractivity contribution >= 4 is 22.5 Å². The maximum Gasteiger partial charge on any atom is 0.475 e. The molecule has 0 N–H and O–H groups in total. The van der Waals surface area contributed by atoms with Crippen molar-refractivity contribution in [1.29, 1.82) is 0 Å². The molecule has 0 saturated heterocycles. The highest BCUT2D eigenvalue weighted by molar-refractivity contribution is 9.25. The van der Waals surface area contributed by atoms with E-state index in [4.69, 9.17) is 8.85 Å². The minimum absolute atomic E-state index is 0.695. The van der Waals surface area contributed by atoms with Crippen molar-refractivity contribution in [3.63, 3.8) is 0 Å². The highest BCUT2D eigenvalue weighted by atomic mass is 79.9. The minimum Gasteiger partial charge on any atom is -0.513 e. The summed E-state index contributed by atoms with van der Waals surface area (Å²) in [6.45, 7) is 4.97. The van der Waals surface area contributed by atoms with E-state index in [1.165, 1.54) is 38.5 Å². The molecule has 0 aliphatic carbocycles. The molecule has 0 spiro atoms. The van der Waals surface area contributed by atoms with Crippen LogP contribution in [0.3, 0.4) is 0 Å². The summed E-state index contributed by atoms with van der Waals surface area (Å²) in [6.07, 6.45) is 7.76. The van der Waals surface area contributed by atoms with Crippen molar-refractivity contribution in [2.24, 2.45) is 0 Å². The molecule has 0 amide bonds. The number of para-hydroxylation sites is 1. The van der Waals surface area contributed by atoms with Crippen LogP contribution in [0.1, 0.15) is 52.4 Å². The van der Waals surface area contributed by atoms with E-state index in [1.54, 1.807) is 0 Å². The third-order valence-corrected chi connectivity index (χ3v) is 7.78. The van der Waals surface area contributed by atoms with Crippen LogP contribution in [0.4, 0.5) is 0 Å². The van der Waals surface area contributed by atoms with Gasteiger partial charge in [-0.3, -0.25) is 0 Å². The van der Waals surface area contributed by atoms with Crippen LogP contribution in [0.5, 0.6) is 5.75 Å². The normalized spacial score (nSPS) is 13.9. The van der Waals surface area contributed by atoms with Gasteiger partial charge < -0.3 is 8.85 Å². The van der Waals surface area contributed by atoms with E-state index in [0.29, 0.717) is 6.61 Å². The first-order chi connectivity index (χ1) is 9.70. The van der Waals surface area contributed by atoms with E-state index in [0.717, 1.165) is 11.8 Å². The summed E-state index contributed by atoms with van der Waals surface area (Å²) in [5.74, 6) is 0.899. The lowest BCUT2D eigenvalue weighted by Gasteiger charge is -2.25. The highest BCUT2D eigenvalue weighted by Gasteiger charge is 2.36. The first-order valence-electron chi connectivity index (χ1n) is 7.77. The Morgan fingerprint density at radius 3 is 2.25 bits per heavy atom. The molecule has 114 valence electrons. The van der Waals surface area contributed by atoms with Crippen molar-refractivity contribution in [3.8, 4) is 5.75 Å². The Balaban J connectivity index is 2.37. The quantitative estimate of drug-likeness (QED) is 0.283. The van der Waals surface area contributed by atoms with Gasteiger partial charge >= 0.3 is 7.18 Å². The molecular formula is C16H27BrO2Si. The molecule has 0 radical (unpaired) electrons. The maximum atomic E-state index is 6.10. The van der Waals surface area contributed by atoms with E-state index in [-0.39, 0.29) is 0 Å². The fourth-order valence-electron chi connectivity index (χ4n) is 2.15. The number of benzene rings is 1. The zero-order chi connectivity index (χ0) is 14.7. The molecule has 0 bridgehead atoms. The van der Waals surface area contributed by atoms with Crippen LogP contribution in [0.25, 0.3) is 0 Å². The van der Waals surface area contributed by atoms with Crippen molar-refractivity contribution in [2.75, 3.05) is 6.61 Å². The topological polar surface area (TPSA) is 18.5 Å². The van der Waals surface area contributed by atoms with Crippen LogP contribution in [0.15, 0.2) is 30.3 Å². The van der Waals surface area contributed by atoms with Crippen molar-refractivity contribution in [2.45, 2.75) is 58.4 Å². The summed E-state index contributed by atoms with van der Waals surface area (Å²) in [4.78, 5) is 0. The molecule has 20 heavy (non-hydrogen) atoms. The predicted molar refractivity (Wildman–Crippen MR) is 91.6 cm³/mol. The van der Waals surface area contributed by atoms with Gasteiger partial charge in [0.15, 0.2) is 0 Å². The molecule has 4 heteroatoms. The highest BCUT2D eigenvalue weighted by Crippen LogP contribution is 2.27. The summed E-state index contributed by atoms with van der Waals surface area (Å²) >= 11 is 3.76. The summed E-state index contributed by atoms with van der Waals surface area (Å²) in [6, 6.07) is 11.0. The standard InChI is InChI=1S/C16H27BrO2Si/c1-3-5-6-7-8-12-15-20(17,18-4-2)19-16-13-10-9-11-14-16/h9-11,13-14H,3-8,12,15H2,1-2H3. The Labute approximate surface area is 132 Å². The average Bonchev–Trinajstić information content (AvgIpc) is 2.44. The van der Waals surface area contributed by atoms with Crippen LogP contribution in [0.2, 0.25) is 6.04 Å². The Morgan fingerprint density at radius 1 is 0.950 bits per heavy atom. The molecule has 1 atom stereocenters. The van der Waals surface area contributed by atoms with Crippen molar-refractivity contribution in [1.82, 2.24) is 0 Å². The van der Waals surface area contributed by atoms with Crippen molar-refractivity contribution in [3.05, 3.63) is 30.3 Å². The van der Waals surface area contributed by atoms with Gasteiger partial charge in [-0.1, -0.05) is 57.2 Å². The molecule has 1 aromatic rings. The molecule has 0 saturated carbocycles. The minimum atomic E-state index is -2.25. The molecule has 2 nitrogen and oxygen atoms in total. The summed E-state index contributed by atoms with van der Waals surface area (Å²) in [7, 11) is -2.25. The van der Waals surface area contributed by atoms with Gasteiger partial charge in [0, 0.05) is 12.7 Å². The van der Waals surface area contributed by atoms with Gasteiger partial charge in [-0.25, -0.2) is 0 Å². The smallest absolute Gasteiger partial charge is 0.475 e. The summed E-state index contributed by atoms with van der Waals surface area (Å²) < 4.78 is 12.0. The average molecular weight is 359 g/mol. The monoisotopic (exact) mass is 358 g/mol. The predicted octanol–water partition coefficient (Wildman–Crippen LogP) is 5.80. The lowest BCUT2D eigenvalue weighted by Crippen LogP contribution is -2.38. The number of hydrogen-bond donors (Lipinski definition) is 0. The van der Waals surface area contributed by atoms with Crippen LogP contribution in [-0.2, 0) is 4.43 Å². The Kier molecular flexibility index (Phi) is 9.23. The maximum absolute atomic E-state index is 6.10. The molecule has 0 aromatic heterocycles. The Morgan fingerprint density at radius 2 is 1.60 bits per heavy atom. The Bertz CT molecular complexity index is 348. The van der Waals surface area contributed by atoms with Gasteiger partial charge in [0.05, 0.1) is 0 Å². The second kappa shape index (κ2) is 10.4. The van der Waals surface area contributed by atoms with E-state index in [2.05, 4.69) is 22.2 Å². The van der Waals surface area contributed by atoms with Crippen molar-refractivity contribution < 1.29 is 8.85 Å². The third-order valence-electron chi connectivity index (χ3n) is 3.20. The van der Waals surface area contributed by atoms with Gasteiger partial charge in [-0.15, -0.1) is 0 Å². The van der Waals surface area contributed by atoms with Gasteiger partial charge in [0.2, 0.25) is 0 Å². The van der Waals surface area contributed by atoms with Crippen LogP contribution >= 0.6 is 15.3 Å². The van der Waals surface area contributed by atoms with E-state index >= 15 is 0 Å². The largest absolute Gasteiger partial charge is 0.513 e. The SMILES string of the molecule is CCCCCCCC[Si](Br)(OCC)Oc1ccccc1. The number of unbranched alkanes of at least 4 members (excludes halogenated alkanes) is 5. The molecule has 0 aliphatic rings. The van der Waals surface area contributed by atoms with Gasteiger partial charge in [-0.05, 0) is 40.8 Å². The van der Waals surface area contributed by atoms with Gasteiger partial charge in [-0.2, -0.15) is 0 Å². The third kappa shape index (κ3) is 7.46. The lowest BCUT2D eigenvalue weighted by atomic mass is 10.1. The Hall–Kier alpha value is -0.323. The lowest BCUT2D eigenvalue weighted by molar-refractivity contribution is 0.273.